The Hall–Kier alpha value is -1.67. The Kier molecular flexibility index (Phi) is 25.0. The average molecular weight is 723 g/mol. The molecular formula is C35H63O13P. The van der Waals surface area contributed by atoms with Crippen molar-refractivity contribution in [1.29, 1.82) is 0 Å². The molecule has 1 fully saturated rings. The topological polar surface area (TPSA) is 210 Å². The molecule has 0 spiro atoms. The van der Waals surface area contributed by atoms with Crippen LogP contribution in [-0.2, 0) is 32.7 Å². The van der Waals surface area contributed by atoms with Crippen LogP contribution in [0.2, 0.25) is 0 Å². The van der Waals surface area contributed by atoms with Crippen molar-refractivity contribution in [3.05, 3.63) is 24.3 Å². The lowest BCUT2D eigenvalue weighted by Gasteiger charge is -2.41. The van der Waals surface area contributed by atoms with E-state index in [9.17, 15) is 44.6 Å². The molecule has 6 atom stereocenters. The molecule has 1 rings (SSSR count). The van der Waals surface area contributed by atoms with Crippen LogP contribution in [0.3, 0.4) is 0 Å². The van der Waals surface area contributed by atoms with Crippen LogP contribution < -0.4 is 0 Å². The lowest BCUT2D eigenvalue weighted by atomic mass is 9.85. The minimum atomic E-state index is -5.09. The number of rotatable bonds is 28. The van der Waals surface area contributed by atoms with Crippen LogP contribution in [0, 0.1) is 0 Å². The first kappa shape index (κ1) is 45.4. The molecule has 49 heavy (non-hydrogen) atoms. The molecule has 1 aliphatic rings. The number of phosphoric ester groups is 1. The largest absolute Gasteiger partial charge is 0.472 e. The van der Waals surface area contributed by atoms with Crippen molar-refractivity contribution in [2.24, 2.45) is 0 Å². The Morgan fingerprint density at radius 3 is 1.69 bits per heavy atom. The zero-order valence-electron chi connectivity index (χ0n) is 29.5. The molecule has 1 aliphatic carbocycles. The highest BCUT2D eigenvalue weighted by Crippen LogP contribution is 2.47. The summed E-state index contributed by atoms with van der Waals surface area (Å²) >= 11 is 0. The van der Waals surface area contributed by atoms with Gasteiger partial charge in [-0.2, -0.15) is 0 Å². The number of ether oxygens (including phenoxy) is 2. The summed E-state index contributed by atoms with van der Waals surface area (Å²) in [5.41, 5.74) is 0. The number of phosphoric acid groups is 1. The van der Waals surface area contributed by atoms with Gasteiger partial charge < -0.3 is 39.9 Å². The maximum absolute atomic E-state index is 12.6. The predicted molar refractivity (Wildman–Crippen MR) is 184 cm³/mol. The molecule has 0 saturated heterocycles. The molecule has 0 amide bonds. The average Bonchev–Trinajstić information content (AvgIpc) is 3.08. The normalized spacial score (nSPS) is 24.7. The third kappa shape index (κ3) is 20.7. The molecule has 0 aliphatic heterocycles. The van der Waals surface area contributed by atoms with Crippen LogP contribution in [0.5, 0.6) is 0 Å². The summed E-state index contributed by atoms with van der Waals surface area (Å²) < 4.78 is 32.8. The highest BCUT2D eigenvalue weighted by molar-refractivity contribution is 7.47. The molecule has 0 aromatic carbocycles. The monoisotopic (exact) mass is 722 g/mol. The highest BCUT2D eigenvalue weighted by Gasteiger charge is 2.51. The van der Waals surface area contributed by atoms with Gasteiger partial charge in [-0.3, -0.25) is 18.6 Å². The quantitative estimate of drug-likeness (QED) is 0.0274. The van der Waals surface area contributed by atoms with E-state index in [-0.39, 0.29) is 12.8 Å². The van der Waals surface area contributed by atoms with E-state index in [0.717, 1.165) is 57.8 Å². The van der Waals surface area contributed by atoms with E-state index in [1.165, 1.54) is 32.1 Å². The first-order valence-electron chi connectivity index (χ1n) is 18.1. The molecule has 13 nitrogen and oxygen atoms in total. The maximum atomic E-state index is 12.6. The third-order valence-corrected chi connectivity index (χ3v) is 9.28. The highest BCUT2D eigenvalue weighted by atomic mass is 31.2. The smallest absolute Gasteiger partial charge is 0.462 e. The molecule has 0 heterocycles. The second kappa shape index (κ2) is 27.0. The van der Waals surface area contributed by atoms with Crippen LogP contribution in [0.25, 0.3) is 0 Å². The molecule has 0 aromatic rings. The Balaban J connectivity index is 2.39. The van der Waals surface area contributed by atoms with Crippen molar-refractivity contribution in [1.82, 2.24) is 0 Å². The van der Waals surface area contributed by atoms with Crippen molar-refractivity contribution >= 4 is 19.8 Å². The van der Waals surface area contributed by atoms with E-state index in [4.69, 9.17) is 18.5 Å². The van der Waals surface area contributed by atoms with Gasteiger partial charge in [-0.1, -0.05) is 95.9 Å². The van der Waals surface area contributed by atoms with Gasteiger partial charge in [0.05, 0.1) is 6.61 Å². The van der Waals surface area contributed by atoms with Gasteiger partial charge in [0.15, 0.2) is 6.10 Å². The summed E-state index contributed by atoms with van der Waals surface area (Å²) in [7, 11) is -5.09. The van der Waals surface area contributed by atoms with Gasteiger partial charge in [-0.25, -0.2) is 4.57 Å². The maximum Gasteiger partial charge on any atom is 0.472 e. The third-order valence-electron chi connectivity index (χ3n) is 8.30. The predicted octanol–water partition coefficient (Wildman–Crippen LogP) is 4.94. The number of allylic oxidation sites excluding steroid dienone is 4. The van der Waals surface area contributed by atoms with Crippen LogP contribution in [-0.4, -0.2) is 98.3 Å². The zero-order valence-corrected chi connectivity index (χ0v) is 30.4. The summed E-state index contributed by atoms with van der Waals surface area (Å²) in [6.45, 7) is 2.94. The van der Waals surface area contributed by atoms with Gasteiger partial charge in [-0.05, 0) is 44.9 Å². The number of aliphatic hydroxyl groups is 5. The molecule has 14 heteroatoms. The number of hydrogen-bond donors (Lipinski definition) is 6. The van der Waals surface area contributed by atoms with Crippen molar-refractivity contribution in [2.75, 3.05) is 13.2 Å². The SMILES string of the molecule is CCCCCC/C=C\C/C=C\CCCCCCCCCC(=O)OC(COC(=O)CCCC)COP(=O)(O)OC1C(O)C(O)C(O)C(O)C1O. The molecule has 6 unspecified atom stereocenters. The van der Waals surface area contributed by atoms with Crippen LogP contribution in [0.1, 0.15) is 129 Å². The fourth-order valence-electron chi connectivity index (χ4n) is 5.23. The summed E-state index contributed by atoms with van der Waals surface area (Å²) in [5, 5.41) is 49.6. The van der Waals surface area contributed by atoms with Gasteiger partial charge in [0.25, 0.3) is 0 Å². The van der Waals surface area contributed by atoms with Crippen molar-refractivity contribution in [3.8, 4) is 0 Å². The van der Waals surface area contributed by atoms with E-state index < -0.39 is 75.7 Å². The summed E-state index contributed by atoms with van der Waals surface area (Å²) in [5.74, 6) is -1.15. The minimum Gasteiger partial charge on any atom is -0.462 e. The first-order chi connectivity index (χ1) is 23.4. The van der Waals surface area contributed by atoms with Gasteiger partial charge in [0.1, 0.15) is 43.2 Å². The van der Waals surface area contributed by atoms with Gasteiger partial charge in [-0.15, -0.1) is 0 Å². The van der Waals surface area contributed by atoms with Gasteiger partial charge >= 0.3 is 19.8 Å². The van der Waals surface area contributed by atoms with Crippen LogP contribution in [0.15, 0.2) is 24.3 Å². The molecule has 6 N–H and O–H groups in total. The lowest BCUT2D eigenvalue weighted by Crippen LogP contribution is -2.64. The Morgan fingerprint density at radius 1 is 0.633 bits per heavy atom. The van der Waals surface area contributed by atoms with E-state index in [1.807, 2.05) is 6.92 Å². The second-order valence-electron chi connectivity index (χ2n) is 12.7. The van der Waals surface area contributed by atoms with Gasteiger partial charge in [0.2, 0.25) is 0 Å². The number of aliphatic hydroxyl groups excluding tert-OH is 5. The van der Waals surface area contributed by atoms with Crippen LogP contribution in [0.4, 0.5) is 0 Å². The fraction of sp³-hybridized carbons (Fsp3) is 0.829. The lowest BCUT2D eigenvalue weighted by molar-refractivity contribution is -0.220. The standard InChI is InChI=1S/C35H63O13P/c1-3-5-7-8-9-10-11-12-13-14-15-16-17-18-19-20-21-22-24-29(37)47-27(25-45-28(36)23-6-4-2)26-46-49(43,44)48-35-33(41)31(39)30(38)32(40)34(35)42/h10-11,13-14,27,30-35,38-42H,3-9,12,15-26H2,1-2H3,(H,43,44)/b11-10-,14-13-. The number of hydrogen-bond acceptors (Lipinski definition) is 12. The summed E-state index contributed by atoms with van der Waals surface area (Å²) in [4.78, 5) is 34.7. The molecule has 0 aromatic heterocycles. The fourth-order valence-corrected chi connectivity index (χ4v) is 6.21. The van der Waals surface area contributed by atoms with Gasteiger partial charge in [0, 0.05) is 12.8 Å². The van der Waals surface area contributed by atoms with Crippen molar-refractivity contribution < 1.29 is 63.1 Å². The van der Waals surface area contributed by atoms with Crippen molar-refractivity contribution in [3.63, 3.8) is 0 Å². The zero-order chi connectivity index (χ0) is 36.5. The van der Waals surface area contributed by atoms with Crippen molar-refractivity contribution in [2.45, 2.75) is 172 Å². The number of esters is 2. The second-order valence-corrected chi connectivity index (χ2v) is 14.1. The van der Waals surface area contributed by atoms with E-state index in [0.29, 0.717) is 12.8 Å². The van der Waals surface area contributed by atoms with E-state index in [2.05, 4.69) is 31.2 Å². The van der Waals surface area contributed by atoms with E-state index in [1.54, 1.807) is 0 Å². The minimum absolute atomic E-state index is 0.0874. The molecule has 286 valence electrons. The Morgan fingerprint density at radius 2 is 1.12 bits per heavy atom. The summed E-state index contributed by atoms with van der Waals surface area (Å²) in [6, 6.07) is 0. The summed E-state index contributed by atoms with van der Waals surface area (Å²) in [6.07, 6.45) is 12.6. The number of carbonyl (C=O) groups excluding carboxylic acids is 2. The number of unbranched alkanes of at least 4 members (excludes halogenated alkanes) is 12. The molecule has 0 bridgehead atoms. The molecule has 1 saturated carbocycles. The molecule has 0 radical (unpaired) electrons. The number of carbonyl (C=O) groups is 2. The van der Waals surface area contributed by atoms with Crippen LogP contribution >= 0.6 is 7.82 Å². The molecular weight excluding hydrogens is 659 g/mol. The Bertz CT molecular complexity index is 975. The van der Waals surface area contributed by atoms with E-state index >= 15 is 0 Å². The Labute approximate surface area is 292 Å². The first-order valence-corrected chi connectivity index (χ1v) is 19.6.